The second kappa shape index (κ2) is 6.70. The summed E-state index contributed by atoms with van der Waals surface area (Å²) in [7, 11) is 0. The van der Waals surface area contributed by atoms with Crippen LogP contribution in [0.25, 0.3) is 6.08 Å². The molecule has 0 bridgehead atoms. The van der Waals surface area contributed by atoms with Gasteiger partial charge in [-0.2, -0.15) is 0 Å². The van der Waals surface area contributed by atoms with E-state index in [1.165, 1.54) is 5.56 Å². The number of halogens is 2. The topological polar surface area (TPSA) is 15.8 Å². The predicted octanol–water partition coefficient (Wildman–Crippen LogP) is 5.02. The standard InChI is InChI=1S/C9H7.C4H4N.C2H7Si.2CH3.2ClH.Ti/c1-2-5-9-7-3-6-8(9)4-1;1-2-4-5-3-1;1-3-2;;;;;/h1-7H;1-3,5H;3H,1-2H3;2*1H3;2*1H;. The molecule has 0 radical (unpaired) electrons. The third kappa shape index (κ3) is 2.70. The first-order valence-electron chi connectivity index (χ1n) is 7.55. The second-order valence-electron chi connectivity index (χ2n) is 7.31. The van der Waals surface area contributed by atoms with Crippen molar-refractivity contribution in [3.8, 4) is 0 Å². The van der Waals surface area contributed by atoms with Crippen LogP contribution in [0.4, 0.5) is 0 Å². The molecule has 1 aliphatic rings. The van der Waals surface area contributed by atoms with Crippen molar-refractivity contribution >= 4 is 41.6 Å². The van der Waals surface area contributed by atoms with Crippen LogP contribution in [0.1, 0.15) is 15.3 Å². The Kier molecular flexibility index (Phi) is 6.03. The van der Waals surface area contributed by atoms with Gasteiger partial charge in [-0.25, -0.2) is 0 Å². The van der Waals surface area contributed by atoms with Gasteiger partial charge in [0, 0.05) is 0 Å². The van der Waals surface area contributed by atoms with Crippen LogP contribution in [0.3, 0.4) is 0 Å². The zero-order valence-electron chi connectivity index (χ0n) is 13.7. The maximum atomic E-state index is 3.59. The van der Waals surface area contributed by atoms with Crippen LogP contribution in [-0.2, 0) is 14.6 Å². The molecule has 0 amide bonds. The molecule has 1 heterocycles. The molecule has 0 aliphatic heterocycles. The van der Waals surface area contributed by atoms with Crippen molar-refractivity contribution in [1.82, 2.24) is 4.98 Å². The molecule has 1 aromatic heterocycles. The van der Waals surface area contributed by atoms with E-state index >= 15 is 0 Å². The maximum absolute atomic E-state index is 3.59. The largest absolute Gasteiger partial charge is 0.147 e. The fourth-order valence-electron chi connectivity index (χ4n) is 3.68. The zero-order valence-corrected chi connectivity index (χ0v) is 18.0. The van der Waals surface area contributed by atoms with Gasteiger partial charge in [-0.05, 0) is 0 Å². The first-order valence-corrected chi connectivity index (χ1v) is 17.9. The van der Waals surface area contributed by atoms with E-state index in [0.717, 1.165) is 0 Å². The molecule has 1 N–H and O–H groups in total. The molecule has 0 saturated carbocycles. The molecule has 1 aromatic carbocycles. The van der Waals surface area contributed by atoms with Gasteiger partial charge in [-0.15, -0.1) is 24.8 Å². The van der Waals surface area contributed by atoms with Crippen LogP contribution in [0, 0.1) is 0 Å². The minimum Gasteiger partial charge on any atom is -0.147 e. The molecule has 5 heteroatoms. The van der Waals surface area contributed by atoms with Gasteiger partial charge in [0.25, 0.3) is 0 Å². The molecule has 0 fully saturated rings. The number of allylic oxidation sites excluding steroid dienone is 1. The second-order valence-corrected chi connectivity index (χ2v) is 32.3. The van der Waals surface area contributed by atoms with Gasteiger partial charge < -0.3 is 0 Å². The summed E-state index contributed by atoms with van der Waals surface area (Å²) in [6, 6.07) is 13.5. The van der Waals surface area contributed by atoms with Crippen molar-refractivity contribution in [3.63, 3.8) is 0 Å². The Bertz CT molecular complexity index is 665. The van der Waals surface area contributed by atoms with Gasteiger partial charge >= 0.3 is 124 Å². The van der Waals surface area contributed by atoms with Crippen LogP contribution in [0.5, 0.6) is 0 Å². The van der Waals surface area contributed by atoms with Gasteiger partial charge in [0.05, 0.1) is 0 Å². The molecule has 121 valence electrons. The average Bonchev–Trinajstić information content (AvgIpc) is 3.09. The number of nitrogens with one attached hydrogen (secondary N) is 1. The number of H-pyrrole nitrogens is 1. The van der Waals surface area contributed by atoms with Crippen molar-refractivity contribution in [2.24, 2.45) is 0 Å². The molecule has 0 spiro atoms. The monoisotopic (exact) mass is 390 g/mol. The fourth-order valence-corrected chi connectivity index (χ4v) is 18.6. The molecular formula is C17H26Cl2NSiTi. The van der Waals surface area contributed by atoms with Crippen LogP contribution >= 0.6 is 24.8 Å². The fraction of sp³-hybridized carbons (Fsp3) is 0.294. The molecule has 1 nitrogen and oxygen atoms in total. The van der Waals surface area contributed by atoms with E-state index in [-0.39, 0.29) is 24.8 Å². The molecule has 3 rings (SSSR count). The Labute approximate surface area is 148 Å². The Morgan fingerprint density at radius 1 is 1.00 bits per heavy atom. The van der Waals surface area contributed by atoms with Gasteiger partial charge in [-0.1, -0.05) is 0 Å². The van der Waals surface area contributed by atoms with E-state index < -0.39 is 21.2 Å². The molecular weight excluding hydrogens is 365 g/mol. The van der Waals surface area contributed by atoms with E-state index in [0.29, 0.717) is 4.22 Å². The summed E-state index contributed by atoms with van der Waals surface area (Å²) in [5, 5.41) is 5.30. The summed E-state index contributed by atoms with van der Waals surface area (Å²) < 4.78 is 2.21. The molecule has 22 heavy (non-hydrogen) atoms. The van der Waals surface area contributed by atoms with Crippen LogP contribution in [0.15, 0.2) is 48.7 Å². The number of fused-ring (bicyclic) bond motifs is 1. The molecule has 2 aromatic rings. The summed E-state index contributed by atoms with van der Waals surface area (Å²) in [5.41, 5.74) is 2.99. The number of aromatic amines is 1. The van der Waals surface area contributed by atoms with Crippen molar-refractivity contribution in [1.29, 1.82) is 0 Å². The van der Waals surface area contributed by atoms with Gasteiger partial charge in [0.2, 0.25) is 0 Å². The van der Waals surface area contributed by atoms with E-state index in [9.17, 15) is 0 Å². The number of hydrogen-bond donors (Lipinski definition) is 1. The maximum Gasteiger partial charge on any atom is -0.147 e. The van der Waals surface area contributed by atoms with Gasteiger partial charge in [-0.3, -0.25) is 0 Å². The van der Waals surface area contributed by atoms with Crippen molar-refractivity contribution in [2.45, 2.75) is 27.8 Å². The SMILES string of the molecule is C[SiH](C)[Ti]([CH3])([CH3])([c]1ccc[nH]1)[CH]1C=Cc2ccccc21.Cl.Cl. The molecule has 1 aliphatic carbocycles. The van der Waals surface area contributed by atoms with E-state index in [2.05, 4.69) is 83.3 Å². The van der Waals surface area contributed by atoms with Crippen LogP contribution in [-0.4, -0.2) is 11.6 Å². The van der Waals surface area contributed by atoms with Crippen molar-refractivity contribution in [2.75, 3.05) is 0 Å². The minimum absolute atomic E-state index is 0. The molecule has 1 unspecified atom stereocenters. The minimum atomic E-state index is -2.78. The Balaban J connectivity index is 0.00000121. The summed E-state index contributed by atoms with van der Waals surface area (Å²) >= 11 is -2.78. The van der Waals surface area contributed by atoms with Crippen LogP contribution < -0.4 is 4.00 Å². The number of rotatable bonds is 3. The smallest absolute Gasteiger partial charge is 0.147 e. The zero-order chi connectivity index (χ0) is 14.4. The van der Waals surface area contributed by atoms with E-state index in [1.54, 1.807) is 9.56 Å². The van der Waals surface area contributed by atoms with Gasteiger partial charge in [0.15, 0.2) is 0 Å². The Morgan fingerprint density at radius 3 is 2.27 bits per heavy atom. The molecule has 0 saturated heterocycles. The van der Waals surface area contributed by atoms with Gasteiger partial charge in [0.1, 0.15) is 0 Å². The summed E-state index contributed by atoms with van der Waals surface area (Å²) in [6.45, 7) is 4.29. The Hall–Kier alpha value is -0.249. The number of benzene rings is 1. The normalized spacial score (nSPS) is 18.0. The third-order valence-corrected chi connectivity index (χ3v) is 35.9. The van der Waals surface area contributed by atoms with E-state index in [1.807, 2.05) is 0 Å². The predicted molar refractivity (Wildman–Crippen MR) is 104 cm³/mol. The average molecular weight is 391 g/mol. The van der Waals surface area contributed by atoms with E-state index in [4.69, 9.17) is 0 Å². The summed E-state index contributed by atoms with van der Waals surface area (Å²) in [4.78, 5) is 3.59. The Morgan fingerprint density at radius 2 is 1.68 bits per heavy atom. The van der Waals surface area contributed by atoms with Crippen molar-refractivity contribution in [3.05, 3.63) is 59.8 Å². The molecule has 1 atom stereocenters. The first-order chi connectivity index (χ1) is 9.44. The number of hydrogen-bond acceptors (Lipinski definition) is 0. The third-order valence-electron chi connectivity index (χ3n) is 5.98. The quantitative estimate of drug-likeness (QED) is 0.708. The van der Waals surface area contributed by atoms with Crippen molar-refractivity contribution < 1.29 is 14.6 Å². The number of aromatic nitrogens is 1. The summed E-state index contributed by atoms with van der Waals surface area (Å²) in [5.74, 6) is 0. The first kappa shape index (κ1) is 19.8. The summed E-state index contributed by atoms with van der Waals surface area (Å²) in [6.07, 6.45) is 6.94. The van der Waals surface area contributed by atoms with Crippen LogP contribution in [0.2, 0.25) is 23.6 Å².